The van der Waals surface area contributed by atoms with E-state index in [0.29, 0.717) is 30.2 Å². The van der Waals surface area contributed by atoms with Crippen LogP contribution in [0.15, 0.2) is 28.8 Å². The molecule has 0 atom stereocenters. The minimum Gasteiger partial charge on any atom is -0.342 e. The molecule has 8 heteroatoms. The lowest BCUT2D eigenvalue weighted by Crippen LogP contribution is -2.31. The van der Waals surface area contributed by atoms with Crippen LogP contribution in [0.2, 0.25) is 0 Å². The molecule has 0 unspecified atom stereocenters. The van der Waals surface area contributed by atoms with E-state index in [1.807, 2.05) is 0 Å². The molecule has 2 rings (SSSR count). The zero-order valence-electron chi connectivity index (χ0n) is 13.8. The second kappa shape index (κ2) is 8.19. The number of benzene rings is 1. The Kier molecular flexibility index (Phi) is 6.00. The van der Waals surface area contributed by atoms with Crippen molar-refractivity contribution in [1.29, 1.82) is 0 Å². The fourth-order valence-corrected chi connectivity index (χ4v) is 2.21. The first-order valence-corrected chi connectivity index (χ1v) is 7.84. The zero-order valence-corrected chi connectivity index (χ0v) is 13.8. The molecular weight excluding hydrogens is 312 g/mol. The van der Waals surface area contributed by atoms with Gasteiger partial charge in [0.1, 0.15) is 0 Å². The fraction of sp³-hybridized carbons (Fsp3) is 0.438. The van der Waals surface area contributed by atoms with E-state index >= 15 is 0 Å². The monoisotopic (exact) mass is 332 g/mol. The normalized spacial score (nSPS) is 10.6. The highest BCUT2D eigenvalue weighted by molar-refractivity contribution is 5.73. The van der Waals surface area contributed by atoms with Crippen LogP contribution in [0.4, 0.5) is 5.69 Å². The van der Waals surface area contributed by atoms with Crippen LogP contribution in [0, 0.1) is 10.1 Å². The molecule has 1 aromatic heterocycles. The largest absolute Gasteiger partial charge is 0.342 e. The number of nitro benzene ring substituents is 1. The van der Waals surface area contributed by atoms with Crippen LogP contribution in [0.25, 0.3) is 11.4 Å². The van der Waals surface area contributed by atoms with E-state index in [1.165, 1.54) is 12.1 Å². The summed E-state index contributed by atoms with van der Waals surface area (Å²) in [4.78, 5) is 27.8. The molecule has 1 aromatic carbocycles. The summed E-state index contributed by atoms with van der Waals surface area (Å²) in [5, 5.41) is 14.5. The maximum Gasteiger partial charge on any atom is 0.269 e. The molecule has 0 saturated carbocycles. The number of unbranched alkanes of at least 4 members (excludes halogenated alkanes) is 1. The van der Waals surface area contributed by atoms with Gasteiger partial charge in [0.15, 0.2) is 0 Å². The summed E-state index contributed by atoms with van der Waals surface area (Å²) in [6.45, 7) is 4.87. The Morgan fingerprint density at radius 3 is 2.58 bits per heavy atom. The zero-order chi connectivity index (χ0) is 17.5. The van der Waals surface area contributed by atoms with E-state index < -0.39 is 4.92 Å². The molecule has 0 saturated heterocycles. The third kappa shape index (κ3) is 4.61. The van der Waals surface area contributed by atoms with E-state index in [1.54, 1.807) is 24.0 Å². The Morgan fingerprint density at radius 1 is 1.29 bits per heavy atom. The average molecular weight is 332 g/mol. The van der Waals surface area contributed by atoms with Crippen LogP contribution in [0.3, 0.4) is 0 Å². The van der Waals surface area contributed by atoms with E-state index in [9.17, 15) is 14.9 Å². The van der Waals surface area contributed by atoms with Gasteiger partial charge >= 0.3 is 0 Å². The van der Waals surface area contributed by atoms with Crippen LogP contribution in [-0.2, 0) is 11.2 Å². The number of carbonyl (C=O) groups excluding carboxylic acids is 1. The van der Waals surface area contributed by atoms with Crippen LogP contribution in [0.5, 0.6) is 0 Å². The first kappa shape index (κ1) is 17.6. The second-order valence-corrected chi connectivity index (χ2v) is 5.43. The molecule has 24 heavy (non-hydrogen) atoms. The second-order valence-electron chi connectivity index (χ2n) is 5.43. The first-order chi connectivity index (χ1) is 11.5. The summed E-state index contributed by atoms with van der Waals surface area (Å²) < 4.78 is 5.20. The minimum absolute atomic E-state index is 0.00972. The van der Waals surface area contributed by atoms with E-state index in [2.05, 4.69) is 17.1 Å². The van der Waals surface area contributed by atoms with Crippen molar-refractivity contribution in [2.75, 3.05) is 13.1 Å². The lowest BCUT2D eigenvalue weighted by atomic mass is 10.2. The molecule has 0 spiro atoms. The number of hydrogen-bond acceptors (Lipinski definition) is 6. The van der Waals surface area contributed by atoms with Crippen molar-refractivity contribution in [3.05, 3.63) is 40.3 Å². The highest BCUT2D eigenvalue weighted by Gasteiger charge is 2.13. The number of amides is 1. The number of non-ortho nitro benzene ring substituents is 1. The molecule has 0 N–H and O–H groups in total. The van der Waals surface area contributed by atoms with Gasteiger partial charge in [0.25, 0.3) is 5.69 Å². The Balaban J connectivity index is 1.99. The lowest BCUT2D eigenvalue weighted by Gasteiger charge is -2.19. The lowest BCUT2D eigenvalue weighted by molar-refractivity contribution is -0.384. The molecule has 0 radical (unpaired) electrons. The van der Waals surface area contributed by atoms with Crippen molar-refractivity contribution in [3.8, 4) is 11.4 Å². The van der Waals surface area contributed by atoms with Crippen molar-refractivity contribution < 1.29 is 14.2 Å². The maximum absolute atomic E-state index is 11.6. The molecule has 128 valence electrons. The Labute approximate surface area is 139 Å². The molecule has 0 aliphatic heterocycles. The highest BCUT2D eigenvalue weighted by atomic mass is 16.6. The molecule has 1 heterocycles. The molecule has 2 aromatic rings. The van der Waals surface area contributed by atoms with E-state index in [-0.39, 0.29) is 11.6 Å². The SMILES string of the molecule is CCCCN(CCc1nc(-c2ccc([N+](=O)[O-])cc2)no1)C(C)=O. The molecule has 0 fully saturated rings. The summed E-state index contributed by atoms with van der Waals surface area (Å²) >= 11 is 0. The molecule has 0 aliphatic rings. The number of hydrogen-bond donors (Lipinski definition) is 0. The fourth-order valence-electron chi connectivity index (χ4n) is 2.21. The Hall–Kier alpha value is -2.77. The van der Waals surface area contributed by atoms with E-state index in [0.717, 1.165) is 19.4 Å². The number of nitro groups is 1. The third-order valence-corrected chi connectivity index (χ3v) is 3.63. The van der Waals surface area contributed by atoms with E-state index in [4.69, 9.17) is 4.52 Å². The van der Waals surface area contributed by atoms with Crippen molar-refractivity contribution in [2.45, 2.75) is 33.1 Å². The van der Waals surface area contributed by atoms with Crippen molar-refractivity contribution in [1.82, 2.24) is 15.0 Å². The predicted molar refractivity (Wildman–Crippen MR) is 87.3 cm³/mol. The molecule has 1 amide bonds. The van der Waals surface area contributed by atoms with Crippen molar-refractivity contribution >= 4 is 11.6 Å². The topological polar surface area (TPSA) is 102 Å². The van der Waals surface area contributed by atoms with Gasteiger partial charge < -0.3 is 9.42 Å². The number of nitrogens with zero attached hydrogens (tertiary/aromatic N) is 4. The summed E-state index contributed by atoms with van der Waals surface area (Å²) in [6.07, 6.45) is 2.45. The average Bonchev–Trinajstić information content (AvgIpc) is 3.03. The number of aromatic nitrogens is 2. The van der Waals surface area contributed by atoms with Gasteiger partial charge in [-0.1, -0.05) is 18.5 Å². The minimum atomic E-state index is -0.460. The predicted octanol–water partition coefficient (Wildman–Crippen LogP) is 2.84. The highest BCUT2D eigenvalue weighted by Crippen LogP contribution is 2.20. The Morgan fingerprint density at radius 2 is 2.00 bits per heavy atom. The van der Waals surface area contributed by atoms with Gasteiger partial charge in [-0.15, -0.1) is 0 Å². The molecule has 0 bridgehead atoms. The molecule has 0 aliphatic carbocycles. The smallest absolute Gasteiger partial charge is 0.269 e. The van der Waals surface area contributed by atoms with Crippen molar-refractivity contribution in [3.63, 3.8) is 0 Å². The van der Waals surface area contributed by atoms with Crippen LogP contribution < -0.4 is 0 Å². The van der Waals surface area contributed by atoms with Gasteiger partial charge in [-0.25, -0.2) is 0 Å². The molecular formula is C16H20N4O4. The van der Waals surface area contributed by atoms with Gasteiger partial charge in [-0.2, -0.15) is 4.98 Å². The Bertz CT molecular complexity index is 696. The van der Waals surface area contributed by atoms with Crippen LogP contribution >= 0.6 is 0 Å². The summed E-state index contributed by atoms with van der Waals surface area (Å²) in [5.74, 6) is 0.840. The molecule has 8 nitrogen and oxygen atoms in total. The summed E-state index contributed by atoms with van der Waals surface area (Å²) in [7, 11) is 0. The van der Waals surface area contributed by atoms with Gasteiger partial charge in [-0.3, -0.25) is 14.9 Å². The number of rotatable bonds is 8. The first-order valence-electron chi connectivity index (χ1n) is 7.84. The van der Waals surface area contributed by atoms with Crippen molar-refractivity contribution in [2.24, 2.45) is 0 Å². The van der Waals surface area contributed by atoms with Gasteiger partial charge in [0.2, 0.25) is 17.6 Å². The maximum atomic E-state index is 11.6. The van der Waals surface area contributed by atoms with Crippen LogP contribution in [-0.4, -0.2) is 39.0 Å². The van der Waals surface area contributed by atoms with Gasteiger partial charge in [0.05, 0.1) is 4.92 Å². The van der Waals surface area contributed by atoms with Gasteiger partial charge in [-0.05, 0) is 18.6 Å². The standard InChI is InChI=1S/C16H20N4O4/c1-3-4-10-19(12(2)21)11-9-15-17-16(18-24-15)13-5-7-14(8-6-13)20(22)23/h5-8H,3-4,9-11H2,1-2H3. The third-order valence-electron chi connectivity index (χ3n) is 3.63. The van der Waals surface area contributed by atoms with Crippen LogP contribution in [0.1, 0.15) is 32.6 Å². The van der Waals surface area contributed by atoms with Gasteiger partial charge in [0, 0.05) is 44.1 Å². The number of carbonyl (C=O) groups is 1. The summed E-state index contributed by atoms with van der Waals surface area (Å²) in [5.41, 5.74) is 0.653. The quantitative estimate of drug-likeness (QED) is 0.544. The summed E-state index contributed by atoms with van der Waals surface area (Å²) in [6, 6.07) is 5.95.